The first-order chi connectivity index (χ1) is 19.1. The molecule has 1 saturated heterocycles. The second-order valence-electron chi connectivity index (χ2n) is 8.57. The van der Waals surface area contributed by atoms with E-state index in [9.17, 15) is 9.18 Å². The molecule has 3 aromatic rings. The van der Waals surface area contributed by atoms with Crippen LogP contribution in [-0.4, -0.2) is 36.8 Å². The lowest BCUT2D eigenvalue weighted by Gasteiger charge is -2.17. The fourth-order valence-electron chi connectivity index (χ4n) is 3.86. The van der Waals surface area contributed by atoms with Gasteiger partial charge in [0.1, 0.15) is 18.2 Å². The summed E-state index contributed by atoms with van der Waals surface area (Å²) in [5.41, 5.74) is 6.18. The van der Waals surface area contributed by atoms with Crippen molar-refractivity contribution < 1.29 is 23.4 Å². The van der Waals surface area contributed by atoms with Crippen LogP contribution in [-0.2, 0) is 17.8 Å². The highest BCUT2D eigenvalue weighted by Crippen LogP contribution is 2.45. The number of thioether (sulfide) groups is 2. The lowest BCUT2D eigenvalue weighted by Crippen LogP contribution is -2.24. The summed E-state index contributed by atoms with van der Waals surface area (Å²) in [6.45, 7) is 6.28. The molecule has 204 valence electrons. The van der Waals surface area contributed by atoms with Gasteiger partial charge in [-0.3, -0.25) is 4.79 Å². The number of ether oxygens (including phenoxy) is 3. The molecular weight excluding hydrogens is 535 g/mol. The van der Waals surface area contributed by atoms with Crippen LogP contribution in [0.15, 0.2) is 78.4 Å². The molecule has 3 aromatic carbocycles. The zero-order chi connectivity index (χ0) is 27.5. The molecule has 0 spiro atoms. The topological polar surface area (TPSA) is 69.2 Å². The highest BCUT2D eigenvalue weighted by molar-refractivity contribution is 8.19. The SMILES string of the molecule is C=CCc1cc(/C=N\NC(=O)COc2ccc(C3SCCS3)cc2)cc(OCC)c1OCc1ccc(F)cc1. The maximum absolute atomic E-state index is 13.2. The summed E-state index contributed by atoms with van der Waals surface area (Å²) in [7, 11) is 0. The van der Waals surface area contributed by atoms with E-state index in [2.05, 4.69) is 17.1 Å². The number of hydrogen-bond donors (Lipinski definition) is 1. The van der Waals surface area contributed by atoms with E-state index in [0.29, 0.717) is 34.9 Å². The largest absolute Gasteiger partial charge is 0.490 e. The van der Waals surface area contributed by atoms with Gasteiger partial charge in [0.2, 0.25) is 0 Å². The maximum atomic E-state index is 13.2. The van der Waals surface area contributed by atoms with Crippen LogP contribution in [0.25, 0.3) is 0 Å². The fraction of sp³-hybridized carbons (Fsp3) is 0.267. The van der Waals surface area contributed by atoms with Crippen LogP contribution < -0.4 is 19.6 Å². The van der Waals surface area contributed by atoms with Gasteiger partial charge in [-0.2, -0.15) is 5.10 Å². The van der Waals surface area contributed by atoms with Crippen molar-refractivity contribution in [3.8, 4) is 17.2 Å². The molecule has 0 aliphatic carbocycles. The van der Waals surface area contributed by atoms with E-state index < -0.39 is 0 Å². The van der Waals surface area contributed by atoms with Gasteiger partial charge in [0.05, 0.1) is 17.4 Å². The van der Waals surface area contributed by atoms with Crippen LogP contribution in [0.2, 0.25) is 0 Å². The molecule has 1 heterocycles. The Morgan fingerprint density at radius 2 is 1.82 bits per heavy atom. The molecule has 4 rings (SSSR count). The van der Waals surface area contributed by atoms with Crippen LogP contribution in [0.4, 0.5) is 4.39 Å². The average molecular weight is 567 g/mol. The molecule has 6 nitrogen and oxygen atoms in total. The molecule has 1 fully saturated rings. The fourth-order valence-corrected chi connectivity index (χ4v) is 6.72. The Labute approximate surface area is 237 Å². The Morgan fingerprint density at radius 3 is 2.51 bits per heavy atom. The number of hydrogen-bond acceptors (Lipinski definition) is 7. The minimum absolute atomic E-state index is 0.147. The van der Waals surface area contributed by atoms with Gasteiger partial charge in [0.15, 0.2) is 18.1 Å². The molecular formula is C30H31FN2O4S2. The van der Waals surface area contributed by atoms with Crippen LogP contribution in [0.1, 0.15) is 33.8 Å². The number of amides is 1. The van der Waals surface area contributed by atoms with Crippen molar-refractivity contribution >= 4 is 35.6 Å². The lowest BCUT2D eigenvalue weighted by molar-refractivity contribution is -0.123. The lowest BCUT2D eigenvalue weighted by atomic mass is 10.1. The van der Waals surface area contributed by atoms with Gasteiger partial charge in [-0.1, -0.05) is 30.3 Å². The zero-order valence-electron chi connectivity index (χ0n) is 21.7. The molecule has 39 heavy (non-hydrogen) atoms. The summed E-state index contributed by atoms with van der Waals surface area (Å²) in [5.74, 6) is 3.46. The number of benzene rings is 3. The van der Waals surface area contributed by atoms with Crippen molar-refractivity contribution in [3.63, 3.8) is 0 Å². The predicted octanol–water partition coefficient (Wildman–Crippen LogP) is 6.54. The maximum Gasteiger partial charge on any atom is 0.277 e. The molecule has 0 atom stereocenters. The van der Waals surface area contributed by atoms with Crippen molar-refractivity contribution in [2.24, 2.45) is 5.10 Å². The number of nitrogens with one attached hydrogen (secondary N) is 1. The molecule has 0 radical (unpaired) electrons. The molecule has 1 aliphatic heterocycles. The molecule has 0 saturated carbocycles. The van der Waals surface area contributed by atoms with Gasteiger partial charge in [0.25, 0.3) is 5.91 Å². The van der Waals surface area contributed by atoms with Crippen molar-refractivity contribution in [2.45, 2.75) is 24.5 Å². The first kappa shape index (κ1) is 28.6. The Hall–Kier alpha value is -3.43. The number of nitrogens with zero attached hydrogens (tertiary/aromatic N) is 1. The normalized spacial score (nSPS) is 13.4. The smallest absolute Gasteiger partial charge is 0.277 e. The highest BCUT2D eigenvalue weighted by atomic mass is 32.2. The van der Waals surface area contributed by atoms with Crippen LogP contribution in [0.3, 0.4) is 0 Å². The number of carbonyl (C=O) groups is 1. The van der Waals surface area contributed by atoms with Crippen LogP contribution in [0, 0.1) is 5.82 Å². The molecule has 1 aliphatic rings. The van der Waals surface area contributed by atoms with Gasteiger partial charge in [-0.15, -0.1) is 30.1 Å². The molecule has 0 bridgehead atoms. The first-order valence-electron chi connectivity index (χ1n) is 12.6. The van der Waals surface area contributed by atoms with Crippen molar-refractivity contribution in [1.29, 1.82) is 0 Å². The Bertz CT molecular complexity index is 1280. The number of carbonyl (C=O) groups excluding carboxylic acids is 1. The van der Waals surface area contributed by atoms with E-state index in [1.54, 1.807) is 30.5 Å². The van der Waals surface area contributed by atoms with E-state index >= 15 is 0 Å². The van der Waals surface area contributed by atoms with Crippen LogP contribution in [0.5, 0.6) is 17.2 Å². The quantitative estimate of drug-likeness (QED) is 0.144. The summed E-state index contributed by atoms with van der Waals surface area (Å²) in [6, 6.07) is 17.7. The molecule has 9 heteroatoms. The van der Waals surface area contributed by atoms with Gasteiger partial charge in [-0.05, 0) is 66.4 Å². The number of rotatable bonds is 13. The standard InChI is InChI=1S/C30H31FN2O4S2/c1-3-5-24-16-22(17-27(35-4-2)29(24)37-19-21-6-10-25(31)11-7-21)18-32-33-28(34)20-36-26-12-8-23(9-13-26)30-38-14-15-39-30/h3,6-13,16-18,30H,1,4-5,14-15,19-20H2,2H3,(H,33,34)/b32-18-. The minimum Gasteiger partial charge on any atom is -0.490 e. The van der Waals surface area contributed by atoms with Gasteiger partial charge in [0, 0.05) is 17.1 Å². The Kier molecular flexibility index (Phi) is 10.7. The molecule has 0 unspecified atom stereocenters. The third-order valence-electron chi connectivity index (χ3n) is 5.66. The van der Waals surface area contributed by atoms with E-state index in [0.717, 1.165) is 16.7 Å². The van der Waals surface area contributed by atoms with Gasteiger partial charge >= 0.3 is 0 Å². The summed E-state index contributed by atoms with van der Waals surface area (Å²) >= 11 is 3.89. The third kappa shape index (κ3) is 8.53. The summed E-state index contributed by atoms with van der Waals surface area (Å²) < 4.78 is 31.2. The minimum atomic E-state index is -0.368. The summed E-state index contributed by atoms with van der Waals surface area (Å²) in [4.78, 5) is 12.3. The van der Waals surface area contributed by atoms with E-state index in [4.69, 9.17) is 14.2 Å². The zero-order valence-corrected chi connectivity index (χ0v) is 23.4. The van der Waals surface area contributed by atoms with E-state index in [1.807, 2.05) is 60.8 Å². The van der Waals surface area contributed by atoms with Crippen molar-refractivity contribution in [1.82, 2.24) is 5.43 Å². The summed E-state index contributed by atoms with van der Waals surface area (Å²) in [6.07, 6.45) is 3.86. The molecule has 1 N–H and O–H groups in total. The van der Waals surface area contributed by atoms with Crippen LogP contribution >= 0.6 is 23.5 Å². The predicted molar refractivity (Wildman–Crippen MR) is 158 cm³/mol. The molecule has 0 aromatic heterocycles. The average Bonchev–Trinajstić information content (AvgIpc) is 3.48. The second-order valence-corrected chi connectivity index (χ2v) is 11.3. The summed E-state index contributed by atoms with van der Waals surface area (Å²) in [5, 5.41) is 4.09. The van der Waals surface area contributed by atoms with Crippen molar-refractivity contribution in [2.75, 3.05) is 24.7 Å². The van der Waals surface area contributed by atoms with Gasteiger partial charge < -0.3 is 14.2 Å². The Morgan fingerprint density at radius 1 is 1.08 bits per heavy atom. The number of hydrazone groups is 1. The van der Waals surface area contributed by atoms with Gasteiger partial charge in [-0.25, -0.2) is 9.82 Å². The van der Waals surface area contributed by atoms with E-state index in [1.165, 1.54) is 29.2 Å². The number of halogens is 1. The monoisotopic (exact) mass is 566 g/mol. The van der Waals surface area contributed by atoms with Crippen molar-refractivity contribution in [3.05, 3.63) is 101 Å². The third-order valence-corrected chi connectivity index (χ3v) is 8.77. The first-order valence-corrected chi connectivity index (χ1v) is 14.7. The highest BCUT2D eigenvalue weighted by Gasteiger charge is 2.18. The van der Waals surface area contributed by atoms with E-state index in [-0.39, 0.29) is 24.9 Å². The Balaban J connectivity index is 1.35. The second kappa shape index (κ2) is 14.6. The molecule has 1 amide bonds. The number of allylic oxidation sites excluding steroid dienone is 1.